The van der Waals surface area contributed by atoms with Gasteiger partial charge in [-0.3, -0.25) is 0 Å². The maximum atomic E-state index is 6.49. The van der Waals surface area contributed by atoms with E-state index in [2.05, 4.69) is 114 Å². The molecule has 0 atom stereocenters. The predicted octanol–water partition coefficient (Wildman–Crippen LogP) is 8.51. The van der Waals surface area contributed by atoms with Crippen LogP contribution in [0.5, 0.6) is 0 Å². The number of allylic oxidation sites excluding steroid dienone is 1. The highest BCUT2D eigenvalue weighted by Gasteiger charge is 2.27. The van der Waals surface area contributed by atoms with Gasteiger partial charge in [0, 0.05) is 51.2 Å². The first kappa shape index (κ1) is 20.2. The molecule has 0 aliphatic heterocycles. The number of hydrogen-bond donors (Lipinski definition) is 0. The number of aromatic nitrogens is 1. The predicted molar refractivity (Wildman–Crippen MR) is 146 cm³/mol. The third-order valence-electron chi connectivity index (χ3n) is 7.32. The van der Waals surface area contributed by atoms with Crippen molar-refractivity contribution in [3.8, 4) is 0 Å². The van der Waals surface area contributed by atoms with Gasteiger partial charge in [-0.15, -0.1) is 0 Å². The van der Waals surface area contributed by atoms with Gasteiger partial charge in [0.1, 0.15) is 5.58 Å². The standard InChI is InChI=1S/C32H26N2O/c1-21-15-17-28-26(19-21)27-20-23(16-18-29(27)33(28)2)34(22-9-4-3-5-10-22)30-13-8-12-25-24-11-6-7-14-31(24)35-32(25)30/h3-7,9-11,13-20H,8,12H2,1-2H3. The summed E-state index contributed by atoms with van der Waals surface area (Å²) in [5.74, 6) is 0.982. The highest BCUT2D eigenvalue weighted by Crippen LogP contribution is 2.43. The molecule has 0 fully saturated rings. The molecule has 0 unspecified atom stereocenters. The summed E-state index contributed by atoms with van der Waals surface area (Å²) in [6.45, 7) is 2.16. The van der Waals surface area contributed by atoms with Gasteiger partial charge < -0.3 is 13.9 Å². The van der Waals surface area contributed by atoms with Crippen molar-refractivity contribution >= 4 is 49.8 Å². The Kier molecular flexibility index (Phi) is 4.40. The van der Waals surface area contributed by atoms with Gasteiger partial charge in [-0.05, 0) is 68.3 Å². The Hall–Kier alpha value is -4.24. The van der Waals surface area contributed by atoms with Crippen LogP contribution in [0, 0.1) is 6.92 Å². The molecule has 170 valence electrons. The minimum atomic E-state index is 0.957. The van der Waals surface area contributed by atoms with E-state index in [0.29, 0.717) is 0 Å². The van der Waals surface area contributed by atoms with E-state index >= 15 is 0 Å². The van der Waals surface area contributed by atoms with Gasteiger partial charge in [0.2, 0.25) is 0 Å². The minimum Gasteiger partial charge on any atom is -0.454 e. The first-order valence-electron chi connectivity index (χ1n) is 12.2. The summed E-state index contributed by atoms with van der Waals surface area (Å²) in [6, 6.07) is 32.6. The average Bonchev–Trinajstić information content (AvgIpc) is 3.41. The van der Waals surface area contributed by atoms with Crippen molar-refractivity contribution in [1.82, 2.24) is 4.57 Å². The van der Waals surface area contributed by atoms with Crippen molar-refractivity contribution in [2.24, 2.45) is 7.05 Å². The van der Waals surface area contributed by atoms with Crippen LogP contribution in [-0.4, -0.2) is 4.57 Å². The minimum absolute atomic E-state index is 0.957. The SMILES string of the molecule is Cc1ccc2c(c1)c1cc(N(C3=CCCc4c3oc3ccccc43)c3ccccc3)ccc1n2C. The van der Waals surface area contributed by atoms with Crippen molar-refractivity contribution < 1.29 is 4.42 Å². The molecule has 0 bridgehead atoms. The number of nitrogens with zero attached hydrogens (tertiary/aromatic N) is 2. The number of fused-ring (bicyclic) bond motifs is 6. The van der Waals surface area contributed by atoms with Crippen molar-refractivity contribution in [2.45, 2.75) is 19.8 Å². The largest absolute Gasteiger partial charge is 0.454 e. The van der Waals surface area contributed by atoms with E-state index in [1.807, 2.05) is 6.07 Å². The zero-order chi connectivity index (χ0) is 23.5. The number of furan rings is 1. The monoisotopic (exact) mass is 454 g/mol. The lowest BCUT2D eigenvalue weighted by molar-refractivity contribution is 0.588. The van der Waals surface area contributed by atoms with Crippen LogP contribution in [0.3, 0.4) is 0 Å². The van der Waals surface area contributed by atoms with E-state index in [-0.39, 0.29) is 0 Å². The molecule has 2 heterocycles. The Labute approximate surface area is 204 Å². The topological polar surface area (TPSA) is 21.3 Å². The zero-order valence-electron chi connectivity index (χ0n) is 20.0. The van der Waals surface area contributed by atoms with Crippen LogP contribution in [0.15, 0.2) is 101 Å². The lowest BCUT2D eigenvalue weighted by Gasteiger charge is -2.29. The Morgan fingerprint density at radius 3 is 2.34 bits per heavy atom. The van der Waals surface area contributed by atoms with Crippen molar-refractivity contribution in [2.75, 3.05) is 4.90 Å². The number of aryl methyl sites for hydroxylation is 3. The van der Waals surface area contributed by atoms with Crippen LogP contribution in [0.1, 0.15) is 23.3 Å². The molecule has 0 N–H and O–H groups in total. The number of para-hydroxylation sites is 2. The van der Waals surface area contributed by atoms with Gasteiger partial charge >= 0.3 is 0 Å². The quantitative estimate of drug-likeness (QED) is 0.267. The summed E-state index contributed by atoms with van der Waals surface area (Å²) in [4.78, 5) is 2.36. The zero-order valence-corrected chi connectivity index (χ0v) is 20.0. The Balaban J connectivity index is 1.48. The fraction of sp³-hybridized carbons (Fsp3) is 0.125. The molecule has 4 aromatic carbocycles. The Bertz CT molecular complexity index is 1770. The molecule has 1 aliphatic rings. The number of benzene rings is 4. The highest BCUT2D eigenvalue weighted by molar-refractivity contribution is 6.10. The lowest BCUT2D eigenvalue weighted by atomic mass is 9.97. The maximum absolute atomic E-state index is 6.49. The van der Waals surface area contributed by atoms with E-state index in [4.69, 9.17) is 4.42 Å². The second-order valence-electron chi connectivity index (χ2n) is 9.49. The average molecular weight is 455 g/mol. The molecule has 0 saturated heterocycles. The van der Waals surface area contributed by atoms with Gasteiger partial charge in [0.15, 0.2) is 5.76 Å². The molecular weight excluding hydrogens is 428 g/mol. The molecule has 7 rings (SSSR count). The molecular formula is C32H26N2O. The molecule has 3 heteroatoms. The highest BCUT2D eigenvalue weighted by atomic mass is 16.3. The van der Waals surface area contributed by atoms with Crippen LogP contribution < -0.4 is 4.90 Å². The molecule has 0 radical (unpaired) electrons. The fourth-order valence-corrected chi connectivity index (χ4v) is 5.66. The molecule has 1 aliphatic carbocycles. The van der Waals surface area contributed by atoms with Gasteiger partial charge in [-0.1, -0.05) is 54.1 Å². The second kappa shape index (κ2) is 7.64. The van der Waals surface area contributed by atoms with Crippen LogP contribution >= 0.6 is 0 Å². The van der Waals surface area contributed by atoms with Gasteiger partial charge in [0.25, 0.3) is 0 Å². The third kappa shape index (κ3) is 3.05. The maximum Gasteiger partial charge on any atom is 0.155 e. The fourth-order valence-electron chi connectivity index (χ4n) is 5.66. The van der Waals surface area contributed by atoms with Gasteiger partial charge in [-0.2, -0.15) is 0 Å². The first-order chi connectivity index (χ1) is 17.2. The van der Waals surface area contributed by atoms with Crippen molar-refractivity contribution in [1.29, 1.82) is 0 Å². The number of hydrogen-bond acceptors (Lipinski definition) is 2. The summed E-state index contributed by atoms with van der Waals surface area (Å²) in [5.41, 5.74) is 9.41. The number of rotatable bonds is 3. The third-order valence-corrected chi connectivity index (χ3v) is 7.32. The van der Waals surface area contributed by atoms with E-state index in [1.165, 1.54) is 38.3 Å². The van der Waals surface area contributed by atoms with Crippen molar-refractivity contribution in [3.63, 3.8) is 0 Å². The summed E-state index contributed by atoms with van der Waals surface area (Å²) in [6.07, 6.45) is 4.32. The van der Waals surface area contributed by atoms with E-state index in [0.717, 1.165) is 41.3 Å². The number of anilines is 2. The van der Waals surface area contributed by atoms with Gasteiger partial charge in [0.05, 0.1) is 5.70 Å². The summed E-state index contributed by atoms with van der Waals surface area (Å²) in [5, 5.41) is 3.78. The smallest absolute Gasteiger partial charge is 0.155 e. The van der Waals surface area contributed by atoms with E-state index in [9.17, 15) is 0 Å². The summed E-state index contributed by atoms with van der Waals surface area (Å²) < 4.78 is 8.78. The molecule has 3 nitrogen and oxygen atoms in total. The first-order valence-corrected chi connectivity index (χ1v) is 12.2. The summed E-state index contributed by atoms with van der Waals surface area (Å²) in [7, 11) is 2.15. The van der Waals surface area contributed by atoms with Gasteiger partial charge in [-0.25, -0.2) is 0 Å². The Morgan fingerprint density at radius 1 is 0.743 bits per heavy atom. The molecule has 0 saturated carbocycles. The lowest BCUT2D eigenvalue weighted by Crippen LogP contribution is -2.17. The van der Waals surface area contributed by atoms with E-state index < -0.39 is 0 Å². The van der Waals surface area contributed by atoms with Crippen LogP contribution in [0.2, 0.25) is 0 Å². The van der Waals surface area contributed by atoms with Crippen LogP contribution in [0.25, 0.3) is 38.5 Å². The normalized spacial score (nSPS) is 13.4. The Morgan fingerprint density at radius 2 is 1.49 bits per heavy atom. The van der Waals surface area contributed by atoms with E-state index in [1.54, 1.807) is 0 Å². The molecule has 0 spiro atoms. The molecule has 2 aromatic heterocycles. The van der Waals surface area contributed by atoms with Crippen molar-refractivity contribution in [3.05, 3.63) is 114 Å². The summed E-state index contributed by atoms with van der Waals surface area (Å²) >= 11 is 0. The second-order valence-corrected chi connectivity index (χ2v) is 9.49. The molecule has 35 heavy (non-hydrogen) atoms. The molecule has 6 aromatic rings. The molecule has 0 amide bonds. The van der Waals surface area contributed by atoms with Crippen LogP contribution in [0.4, 0.5) is 11.4 Å². The van der Waals surface area contributed by atoms with Crippen LogP contribution in [-0.2, 0) is 13.5 Å².